The van der Waals surface area contributed by atoms with E-state index in [1.165, 1.54) is 5.56 Å². The summed E-state index contributed by atoms with van der Waals surface area (Å²) in [5.41, 5.74) is 2.21. The second kappa shape index (κ2) is 8.35. The molecule has 0 amide bonds. The van der Waals surface area contributed by atoms with Crippen LogP contribution in [0.5, 0.6) is 0 Å². The van der Waals surface area contributed by atoms with Gasteiger partial charge in [0.05, 0.1) is 19.8 Å². The van der Waals surface area contributed by atoms with Crippen molar-refractivity contribution in [2.45, 2.75) is 17.4 Å². The van der Waals surface area contributed by atoms with Crippen LogP contribution in [-0.4, -0.2) is 54.4 Å². The van der Waals surface area contributed by atoms with E-state index in [9.17, 15) is 4.79 Å². The van der Waals surface area contributed by atoms with Gasteiger partial charge in [-0.15, -0.1) is 0 Å². The molecule has 136 valence electrons. The van der Waals surface area contributed by atoms with Gasteiger partial charge in [0.2, 0.25) is 0 Å². The summed E-state index contributed by atoms with van der Waals surface area (Å²) in [7, 11) is 0. The number of hydrogen-bond donors (Lipinski definition) is 0. The van der Waals surface area contributed by atoms with Gasteiger partial charge in [0.25, 0.3) is 0 Å². The second-order valence-corrected chi connectivity index (χ2v) is 7.88. The molecule has 0 aromatic heterocycles. The summed E-state index contributed by atoms with van der Waals surface area (Å²) in [5.74, 6) is 0.224. The molecule has 26 heavy (non-hydrogen) atoms. The number of nitrogens with zero attached hydrogens (tertiary/aromatic N) is 2. The van der Waals surface area contributed by atoms with Gasteiger partial charge in [0.1, 0.15) is 0 Å². The maximum atomic E-state index is 12.4. The zero-order valence-corrected chi connectivity index (χ0v) is 15.7. The third kappa shape index (κ3) is 4.01. The zero-order valence-electron chi connectivity index (χ0n) is 14.8. The maximum absolute atomic E-state index is 12.4. The van der Waals surface area contributed by atoms with Crippen molar-refractivity contribution in [3.63, 3.8) is 0 Å². The number of Topliss-reactive ketones (excluding diaryl/α,β-unsaturated/α-hetero) is 1. The Balaban J connectivity index is 1.46. The molecule has 2 aromatic rings. The van der Waals surface area contributed by atoms with Crippen molar-refractivity contribution in [1.29, 1.82) is 0 Å². The zero-order chi connectivity index (χ0) is 17.8. The smallest absolute Gasteiger partial charge is 0.178 e. The fraction of sp³-hybridized carbons (Fsp3) is 0.381. The van der Waals surface area contributed by atoms with Gasteiger partial charge in [0.15, 0.2) is 5.78 Å². The van der Waals surface area contributed by atoms with Crippen LogP contribution in [0.15, 0.2) is 59.5 Å². The molecule has 4 rings (SSSR count). The molecule has 1 unspecified atom stereocenters. The lowest BCUT2D eigenvalue weighted by atomic mass is 10.0. The number of hydrogen-bond acceptors (Lipinski definition) is 5. The highest BCUT2D eigenvalue weighted by Gasteiger charge is 2.27. The molecule has 4 nitrogen and oxygen atoms in total. The van der Waals surface area contributed by atoms with Crippen molar-refractivity contribution in [2.75, 3.05) is 39.4 Å². The second-order valence-electron chi connectivity index (χ2n) is 6.74. The first-order valence-electron chi connectivity index (χ1n) is 9.23. The van der Waals surface area contributed by atoms with Crippen molar-refractivity contribution in [1.82, 2.24) is 9.21 Å². The van der Waals surface area contributed by atoms with E-state index in [4.69, 9.17) is 4.74 Å². The van der Waals surface area contributed by atoms with E-state index in [1.807, 2.05) is 24.3 Å². The van der Waals surface area contributed by atoms with E-state index in [2.05, 4.69) is 39.5 Å². The largest absolute Gasteiger partial charge is 0.379 e. The van der Waals surface area contributed by atoms with Crippen LogP contribution in [0.3, 0.4) is 0 Å². The number of fused-ring (bicyclic) bond motifs is 1. The highest BCUT2D eigenvalue weighted by atomic mass is 32.2. The van der Waals surface area contributed by atoms with E-state index in [-0.39, 0.29) is 5.78 Å². The first-order valence-corrected chi connectivity index (χ1v) is 10.0. The summed E-state index contributed by atoms with van der Waals surface area (Å²) in [6.07, 6.45) is 1.01. The maximum Gasteiger partial charge on any atom is 0.178 e. The summed E-state index contributed by atoms with van der Waals surface area (Å²) in [5, 5.41) is 0. The molecule has 1 atom stereocenters. The Kier molecular flexibility index (Phi) is 5.70. The topological polar surface area (TPSA) is 32.8 Å². The van der Waals surface area contributed by atoms with Gasteiger partial charge in [0, 0.05) is 36.1 Å². The molecule has 0 aliphatic carbocycles. The molecule has 2 aliphatic rings. The highest BCUT2D eigenvalue weighted by molar-refractivity contribution is 7.97. The molecule has 1 fully saturated rings. The average Bonchev–Trinajstić information content (AvgIpc) is 2.70. The average molecular weight is 369 g/mol. The summed E-state index contributed by atoms with van der Waals surface area (Å²) in [6.45, 7) is 4.91. The number of benzene rings is 2. The van der Waals surface area contributed by atoms with Gasteiger partial charge in [-0.25, -0.2) is 4.31 Å². The normalized spacial score (nSPS) is 19.9. The predicted molar refractivity (Wildman–Crippen MR) is 104 cm³/mol. The van der Waals surface area contributed by atoms with Crippen LogP contribution >= 0.6 is 11.9 Å². The van der Waals surface area contributed by atoms with Crippen LogP contribution in [0.25, 0.3) is 0 Å². The van der Waals surface area contributed by atoms with Gasteiger partial charge in [-0.3, -0.25) is 9.69 Å². The lowest BCUT2D eigenvalue weighted by Gasteiger charge is -2.36. The summed E-state index contributed by atoms with van der Waals surface area (Å²) < 4.78 is 7.74. The Bertz CT molecular complexity index is 747. The van der Waals surface area contributed by atoms with E-state index < -0.39 is 0 Å². The fourth-order valence-electron chi connectivity index (χ4n) is 3.71. The van der Waals surface area contributed by atoms with Crippen molar-refractivity contribution < 1.29 is 9.53 Å². The van der Waals surface area contributed by atoms with Crippen molar-refractivity contribution in [2.24, 2.45) is 0 Å². The Morgan fingerprint density at radius 1 is 1.00 bits per heavy atom. The SMILES string of the molecule is O=C1CN(CCC(c2ccccc2)N2CCOCC2)Sc2ccccc21. The van der Waals surface area contributed by atoms with Crippen LogP contribution in [0.1, 0.15) is 28.4 Å². The number of carbonyl (C=O) groups excluding carboxylic acids is 1. The molecule has 0 radical (unpaired) electrons. The van der Waals surface area contributed by atoms with E-state index in [0.29, 0.717) is 12.6 Å². The molecule has 0 saturated carbocycles. The van der Waals surface area contributed by atoms with Gasteiger partial charge >= 0.3 is 0 Å². The minimum absolute atomic E-state index is 0.224. The lowest BCUT2D eigenvalue weighted by Crippen LogP contribution is -2.40. The van der Waals surface area contributed by atoms with Gasteiger partial charge in [-0.2, -0.15) is 0 Å². The minimum Gasteiger partial charge on any atom is -0.379 e. The molecular weight excluding hydrogens is 344 g/mol. The molecule has 0 N–H and O–H groups in total. The van der Waals surface area contributed by atoms with Crippen molar-refractivity contribution in [3.05, 3.63) is 65.7 Å². The summed E-state index contributed by atoms with van der Waals surface area (Å²) in [4.78, 5) is 16.0. The van der Waals surface area contributed by atoms with E-state index in [1.54, 1.807) is 11.9 Å². The Morgan fingerprint density at radius 2 is 1.73 bits per heavy atom. The van der Waals surface area contributed by atoms with E-state index in [0.717, 1.165) is 49.7 Å². The van der Waals surface area contributed by atoms with Crippen molar-refractivity contribution >= 4 is 17.7 Å². The summed E-state index contributed by atoms with van der Waals surface area (Å²) >= 11 is 1.71. The molecule has 5 heteroatoms. The molecule has 2 aromatic carbocycles. The molecule has 2 heterocycles. The standard InChI is InChI=1S/C21H24N2O2S/c24-20-16-23(26-21-9-5-4-8-18(20)21)11-10-19(17-6-2-1-3-7-17)22-12-14-25-15-13-22/h1-9,19H,10-16H2. The molecule has 0 spiro atoms. The first-order chi connectivity index (χ1) is 12.8. The third-order valence-electron chi connectivity index (χ3n) is 5.06. The number of ether oxygens (including phenoxy) is 1. The molecule has 1 saturated heterocycles. The van der Waals surface area contributed by atoms with E-state index >= 15 is 0 Å². The van der Waals surface area contributed by atoms with Crippen LogP contribution in [0.2, 0.25) is 0 Å². The van der Waals surface area contributed by atoms with Gasteiger partial charge in [-0.05, 0) is 30.0 Å². The Morgan fingerprint density at radius 3 is 2.54 bits per heavy atom. The monoisotopic (exact) mass is 368 g/mol. The molecular formula is C21H24N2O2S. The van der Waals surface area contributed by atoms with Crippen LogP contribution in [-0.2, 0) is 4.74 Å². The van der Waals surface area contributed by atoms with Crippen LogP contribution in [0.4, 0.5) is 0 Å². The van der Waals surface area contributed by atoms with Gasteiger partial charge < -0.3 is 4.74 Å². The summed E-state index contributed by atoms with van der Waals surface area (Å²) in [6, 6.07) is 19.0. The number of ketones is 1. The number of carbonyl (C=O) groups is 1. The number of morpholine rings is 1. The molecule has 0 bridgehead atoms. The molecule has 2 aliphatic heterocycles. The van der Waals surface area contributed by atoms with Gasteiger partial charge in [-0.1, -0.05) is 48.5 Å². The predicted octanol–water partition coefficient (Wildman–Crippen LogP) is 3.66. The third-order valence-corrected chi connectivity index (χ3v) is 6.18. The fourth-order valence-corrected chi connectivity index (χ4v) is 4.79. The Labute approximate surface area is 159 Å². The first kappa shape index (κ1) is 17.7. The highest BCUT2D eigenvalue weighted by Crippen LogP contribution is 2.33. The minimum atomic E-state index is 0.224. The van der Waals surface area contributed by atoms with Crippen molar-refractivity contribution in [3.8, 4) is 0 Å². The quantitative estimate of drug-likeness (QED) is 0.752. The van der Waals surface area contributed by atoms with Crippen LogP contribution < -0.4 is 0 Å². The van der Waals surface area contributed by atoms with Crippen LogP contribution in [0, 0.1) is 0 Å². The lowest BCUT2D eigenvalue weighted by molar-refractivity contribution is 0.0134. The Hall–Kier alpha value is -1.66. The number of rotatable bonds is 5.